The molecule has 0 aromatic heterocycles. The van der Waals surface area contributed by atoms with E-state index >= 15 is 0 Å². The molecule has 0 fully saturated rings. The highest BCUT2D eigenvalue weighted by Gasteiger charge is 2.04. The number of nitrogens with two attached hydrogens (primary N) is 1. The Morgan fingerprint density at radius 2 is 2.31 bits per heavy atom. The molecule has 1 unspecified atom stereocenters. The Bertz CT molecular complexity index is 467. The van der Waals surface area contributed by atoms with Crippen molar-refractivity contribution in [3.8, 4) is 6.19 Å². The fourth-order valence-electron chi connectivity index (χ4n) is 0.881. The molecule has 1 atom stereocenters. The SMILES string of the molecule is CS(=O)(=NC#N)c1cccc(N)c1. The van der Waals surface area contributed by atoms with Crippen LogP contribution in [0.4, 0.5) is 5.69 Å². The zero-order chi connectivity index (χ0) is 9.90. The van der Waals surface area contributed by atoms with Gasteiger partial charge < -0.3 is 5.73 Å². The van der Waals surface area contributed by atoms with Crippen LogP contribution in [0.5, 0.6) is 0 Å². The molecule has 0 spiro atoms. The predicted molar refractivity (Wildman–Crippen MR) is 51.2 cm³/mol. The molecule has 0 aliphatic carbocycles. The van der Waals surface area contributed by atoms with Gasteiger partial charge in [-0.2, -0.15) is 5.26 Å². The normalized spacial score (nSPS) is 14.2. The van der Waals surface area contributed by atoms with Gasteiger partial charge in [0.1, 0.15) is 0 Å². The molecule has 0 bridgehead atoms. The summed E-state index contributed by atoms with van der Waals surface area (Å²) in [5.74, 6) is 0. The van der Waals surface area contributed by atoms with Gasteiger partial charge in [0.25, 0.3) is 0 Å². The van der Waals surface area contributed by atoms with E-state index in [2.05, 4.69) is 4.36 Å². The van der Waals surface area contributed by atoms with E-state index in [-0.39, 0.29) is 0 Å². The summed E-state index contributed by atoms with van der Waals surface area (Å²) in [6.07, 6.45) is 2.94. The lowest BCUT2D eigenvalue weighted by molar-refractivity contribution is 0.681. The first-order chi connectivity index (χ1) is 6.06. The van der Waals surface area contributed by atoms with Gasteiger partial charge >= 0.3 is 0 Å². The Morgan fingerprint density at radius 3 is 2.85 bits per heavy atom. The van der Waals surface area contributed by atoms with Crippen molar-refractivity contribution in [1.29, 1.82) is 5.26 Å². The number of anilines is 1. The zero-order valence-electron chi connectivity index (χ0n) is 7.10. The van der Waals surface area contributed by atoms with E-state index in [1.54, 1.807) is 24.3 Å². The second-order valence-electron chi connectivity index (χ2n) is 2.57. The van der Waals surface area contributed by atoms with Gasteiger partial charge in [0, 0.05) is 11.9 Å². The average Bonchev–Trinajstić information content (AvgIpc) is 2.04. The molecule has 0 saturated carbocycles. The maximum atomic E-state index is 11.7. The van der Waals surface area contributed by atoms with Crippen LogP contribution >= 0.6 is 0 Å². The van der Waals surface area contributed by atoms with Crippen LogP contribution in [0.2, 0.25) is 0 Å². The Balaban J connectivity index is 3.34. The highest BCUT2D eigenvalue weighted by molar-refractivity contribution is 7.93. The summed E-state index contributed by atoms with van der Waals surface area (Å²) in [6.45, 7) is 0. The maximum Gasteiger partial charge on any atom is 0.214 e. The van der Waals surface area contributed by atoms with Gasteiger partial charge in [0.2, 0.25) is 6.19 Å². The number of benzene rings is 1. The lowest BCUT2D eigenvalue weighted by Gasteiger charge is -2.01. The third-order valence-electron chi connectivity index (χ3n) is 1.51. The van der Waals surface area contributed by atoms with Crippen LogP contribution in [-0.2, 0) is 9.73 Å². The van der Waals surface area contributed by atoms with Crippen molar-refractivity contribution in [1.82, 2.24) is 0 Å². The average molecular weight is 195 g/mol. The molecule has 2 N–H and O–H groups in total. The number of nitrogens with zero attached hydrogens (tertiary/aromatic N) is 2. The van der Waals surface area contributed by atoms with E-state index in [9.17, 15) is 4.21 Å². The first-order valence-corrected chi connectivity index (χ1v) is 5.44. The highest BCUT2D eigenvalue weighted by atomic mass is 32.2. The van der Waals surface area contributed by atoms with E-state index in [1.807, 2.05) is 0 Å². The third-order valence-corrected chi connectivity index (χ3v) is 3.07. The fraction of sp³-hybridized carbons (Fsp3) is 0.125. The quantitative estimate of drug-likeness (QED) is 0.540. The smallest absolute Gasteiger partial charge is 0.214 e. The van der Waals surface area contributed by atoms with Crippen LogP contribution in [0.15, 0.2) is 33.5 Å². The van der Waals surface area contributed by atoms with Gasteiger partial charge in [-0.25, -0.2) is 4.21 Å². The van der Waals surface area contributed by atoms with Crippen molar-refractivity contribution in [2.24, 2.45) is 4.36 Å². The highest BCUT2D eigenvalue weighted by Crippen LogP contribution is 2.14. The lowest BCUT2D eigenvalue weighted by atomic mass is 10.3. The molecule has 0 saturated heterocycles. The molecular formula is C8H9N3OS. The Hall–Kier alpha value is -1.54. The van der Waals surface area contributed by atoms with E-state index in [0.717, 1.165) is 0 Å². The van der Waals surface area contributed by atoms with E-state index in [1.165, 1.54) is 12.4 Å². The molecule has 1 aromatic carbocycles. The topological polar surface area (TPSA) is 79.2 Å². The number of rotatable bonds is 1. The molecule has 0 heterocycles. The molecule has 1 rings (SSSR count). The third kappa shape index (κ3) is 2.20. The second kappa shape index (κ2) is 3.46. The Labute approximate surface area is 77.2 Å². The van der Waals surface area contributed by atoms with Crippen molar-refractivity contribution >= 4 is 15.4 Å². The monoisotopic (exact) mass is 195 g/mol. The molecule has 0 amide bonds. The Kier molecular flexibility index (Phi) is 2.54. The van der Waals surface area contributed by atoms with Crippen LogP contribution in [-0.4, -0.2) is 10.5 Å². The molecule has 0 aliphatic heterocycles. The van der Waals surface area contributed by atoms with Gasteiger partial charge in [-0.15, -0.1) is 4.36 Å². The van der Waals surface area contributed by atoms with Crippen molar-refractivity contribution < 1.29 is 4.21 Å². The van der Waals surface area contributed by atoms with Gasteiger partial charge in [-0.3, -0.25) is 0 Å². The fourth-order valence-corrected chi connectivity index (χ4v) is 1.83. The summed E-state index contributed by atoms with van der Waals surface area (Å²) >= 11 is 0. The lowest BCUT2D eigenvalue weighted by Crippen LogP contribution is -1.97. The van der Waals surface area contributed by atoms with Gasteiger partial charge in [0.05, 0.1) is 14.6 Å². The minimum atomic E-state index is -2.60. The summed E-state index contributed by atoms with van der Waals surface area (Å²) in [4.78, 5) is 0.481. The minimum Gasteiger partial charge on any atom is -0.399 e. The van der Waals surface area contributed by atoms with E-state index < -0.39 is 9.73 Å². The summed E-state index contributed by atoms with van der Waals surface area (Å²) in [6, 6.07) is 6.56. The molecule has 0 aliphatic rings. The predicted octanol–water partition coefficient (Wildman–Crippen LogP) is 1.21. The summed E-state index contributed by atoms with van der Waals surface area (Å²) in [5, 5.41) is 8.31. The van der Waals surface area contributed by atoms with Gasteiger partial charge in [-0.05, 0) is 18.2 Å². The summed E-state index contributed by atoms with van der Waals surface area (Å²) in [7, 11) is -2.60. The van der Waals surface area contributed by atoms with Gasteiger partial charge in [0.15, 0.2) is 0 Å². The summed E-state index contributed by atoms with van der Waals surface area (Å²) in [5.41, 5.74) is 6.02. The zero-order valence-corrected chi connectivity index (χ0v) is 7.91. The molecule has 0 radical (unpaired) electrons. The first-order valence-electron chi connectivity index (χ1n) is 3.52. The standard InChI is InChI=1S/C8H9N3OS/c1-13(12,11-6-9)8-4-2-3-7(10)5-8/h2-5H,10H2,1H3. The number of nitrogen functional groups attached to an aromatic ring is 1. The maximum absolute atomic E-state index is 11.7. The largest absolute Gasteiger partial charge is 0.399 e. The van der Waals surface area contributed by atoms with Crippen molar-refractivity contribution in [2.75, 3.05) is 12.0 Å². The first kappa shape index (κ1) is 9.55. The number of hydrogen-bond donors (Lipinski definition) is 1. The van der Waals surface area contributed by atoms with E-state index in [4.69, 9.17) is 11.0 Å². The molecular weight excluding hydrogens is 186 g/mol. The molecule has 1 aromatic rings. The van der Waals surface area contributed by atoms with Crippen molar-refractivity contribution in [2.45, 2.75) is 4.90 Å². The van der Waals surface area contributed by atoms with Crippen LogP contribution in [0.1, 0.15) is 0 Å². The van der Waals surface area contributed by atoms with E-state index in [0.29, 0.717) is 10.6 Å². The van der Waals surface area contributed by atoms with Crippen LogP contribution in [0.3, 0.4) is 0 Å². The summed E-state index contributed by atoms with van der Waals surface area (Å²) < 4.78 is 15.0. The number of nitriles is 1. The van der Waals surface area contributed by atoms with Crippen LogP contribution in [0, 0.1) is 11.5 Å². The molecule has 5 heteroatoms. The van der Waals surface area contributed by atoms with Crippen LogP contribution < -0.4 is 5.73 Å². The van der Waals surface area contributed by atoms with Crippen molar-refractivity contribution in [3.63, 3.8) is 0 Å². The Morgan fingerprint density at radius 1 is 1.62 bits per heavy atom. The molecule has 13 heavy (non-hydrogen) atoms. The minimum absolute atomic E-state index is 0.481. The van der Waals surface area contributed by atoms with Crippen molar-refractivity contribution in [3.05, 3.63) is 24.3 Å². The number of hydrogen-bond acceptors (Lipinski definition) is 4. The van der Waals surface area contributed by atoms with Crippen LogP contribution in [0.25, 0.3) is 0 Å². The molecule has 68 valence electrons. The molecule has 4 nitrogen and oxygen atoms in total. The van der Waals surface area contributed by atoms with Gasteiger partial charge in [-0.1, -0.05) is 6.07 Å². The second-order valence-corrected chi connectivity index (χ2v) is 4.83.